The van der Waals surface area contributed by atoms with E-state index in [1.807, 2.05) is 11.7 Å². The topological polar surface area (TPSA) is 29.9 Å². The number of likely N-dealkylation sites (N-methyl/N-ethyl adjacent to an activating group) is 1. The third kappa shape index (κ3) is 3.05. The lowest BCUT2D eigenvalue weighted by Gasteiger charge is -2.12. The molecule has 3 nitrogen and oxygen atoms in total. The van der Waals surface area contributed by atoms with Crippen molar-refractivity contribution in [2.75, 3.05) is 6.54 Å². The van der Waals surface area contributed by atoms with Gasteiger partial charge in [-0.05, 0) is 35.8 Å². The molecule has 1 rings (SSSR count). The zero-order valence-corrected chi connectivity index (χ0v) is 11.6. The van der Waals surface area contributed by atoms with Crippen LogP contribution in [0.2, 0.25) is 0 Å². The van der Waals surface area contributed by atoms with Gasteiger partial charge in [0, 0.05) is 19.5 Å². The number of aromatic nitrogens is 2. The van der Waals surface area contributed by atoms with Crippen molar-refractivity contribution in [2.24, 2.45) is 7.05 Å². The van der Waals surface area contributed by atoms with Crippen LogP contribution >= 0.6 is 15.9 Å². The predicted octanol–water partition coefficient (Wildman–Crippen LogP) is 2.29. The van der Waals surface area contributed by atoms with Crippen LogP contribution in [0, 0.1) is 0 Å². The SMILES string of the molecule is CCNC(C)Cc1c(Br)c(CC)nn1C. The lowest BCUT2D eigenvalue weighted by atomic mass is 10.1. The predicted molar refractivity (Wildman–Crippen MR) is 67.1 cm³/mol. The molecule has 1 atom stereocenters. The molecule has 0 bridgehead atoms. The van der Waals surface area contributed by atoms with Crippen molar-refractivity contribution < 1.29 is 0 Å². The maximum absolute atomic E-state index is 4.48. The van der Waals surface area contributed by atoms with Crippen LogP contribution in [0.3, 0.4) is 0 Å². The monoisotopic (exact) mass is 273 g/mol. The van der Waals surface area contributed by atoms with Gasteiger partial charge < -0.3 is 5.32 Å². The lowest BCUT2D eigenvalue weighted by molar-refractivity contribution is 0.541. The van der Waals surface area contributed by atoms with E-state index in [4.69, 9.17) is 0 Å². The number of aryl methyl sites for hydroxylation is 2. The summed E-state index contributed by atoms with van der Waals surface area (Å²) in [6.07, 6.45) is 1.99. The quantitative estimate of drug-likeness (QED) is 0.892. The molecule has 86 valence electrons. The minimum atomic E-state index is 0.492. The molecule has 0 radical (unpaired) electrons. The van der Waals surface area contributed by atoms with E-state index in [9.17, 15) is 0 Å². The van der Waals surface area contributed by atoms with Gasteiger partial charge in [0.05, 0.1) is 15.9 Å². The molecule has 4 heteroatoms. The van der Waals surface area contributed by atoms with Crippen molar-refractivity contribution in [3.8, 4) is 0 Å². The highest BCUT2D eigenvalue weighted by Gasteiger charge is 2.14. The summed E-state index contributed by atoms with van der Waals surface area (Å²) in [5, 5.41) is 7.90. The fourth-order valence-electron chi connectivity index (χ4n) is 1.75. The van der Waals surface area contributed by atoms with Crippen LogP contribution in [-0.4, -0.2) is 22.4 Å². The fraction of sp³-hybridized carbons (Fsp3) is 0.727. The summed E-state index contributed by atoms with van der Waals surface area (Å²) in [5.41, 5.74) is 2.43. The standard InChI is InChI=1S/C11H20BrN3/c1-5-9-11(12)10(15(4)14-9)7-8(3)13-6-2/h8,13H,5-7H2,1-4H3. The zero-order chi connectivity index (χ0) is 11.4. The minimum absolute atomic E-state index is 0.492. The average molecular weight is 274 g/mol. The molecule has 0 fully saturated rings. The molecule has 0 aromatic carbocycles. The van der Waals surface area contributed by atoms with Crippen molar-refractivity contribution in [3.63, 3.8) is 0 Å². The first-order valence-electron chi connectivity index (χ1n) is 5.53. The Hall–Kier alpha value is -0.350. The number of hydrogen-bond donors (Lipinski definition) is 1. The van der Waals surface area contributed by atoms with Crippen molar-refractivity contribution in [2.45, 2.75) is 39.7 Å². The molecule has 0 amide bonds. The average Bonchev–Trinajstić information content (AvgIpc) is 2.45. The Bertz CT molecular complexity index is 320. The summed E-state index contributed by atoms with van der Waals surface area (Å²) in [5.74, 6) is 0. The first-order valence-corrected chi connectivity index (χ1v) is 6.33. The van der Waals surface area contributed by atoms with E-state index in [1.165, 1.54) is 10.2 Å². The van der Waals surface area contributed by atoms with Crippen LogP contribution in [0.1, 0.15) is 32.2 Å². The molecule has 0 aliphatic heterocycles. The third-order valence-corrected chi connectivity index (χ3v) is 3.47. The van der Waals surface area contributed by atoms with Gasteiger partial charge in [-0.1, -0.05) is 13.8 Å². The van der Waals surface area contributed by atoms with E-state index < -0.39 is 0 Å². The van der Waals surface area contributed by atoms with Crippen LogP contribution in [-0.2, 0) is 19.9 Å². The highest BCUT2D eigenvalue weighted by atomic mass is 79.9. The zero-order valence-electron chi connectivity index (χ0n) is 9.97. The van der Waals surface area contributed by atoms with Gasteiger partial charge in [0.2, 0.25) is 0 Å². The molecule has 1 N–H and O–H groups in total. The molecule has 0 aliphatic rings. The van der Waals surface area contributed by atoms with Gasteiger partial charge in [-0.25, -0.2) is 0 Å². The Morgan fingerprint density at radius 2 is 2.13 bits per heavy atom. The number of nitrogens with one attached hydrogen (secondary N) is 1. The van der Waals surface area contributed by atoms with Gasteiger partial charge in [0.1, 0.15) is 0 Å². The van der Waals surface area contributed by atoms with Crippen LogP contribution in [0.15, 0.2) is 4.47 Å². The maximum atomic E-state index is 4.48. The van der Waals surface area contributed by atoms with E-state index in [0.717, 1.165) is 25.1 Å². The van der Waals surface area contributed by atoms with E-state index in [1.54, 1.807) is 0 Å². The Morgan fingerprint density at radius 3 is 2.60 bits per heavy atom. The smallest absolute Gasteiger partial charge is 0.0766 e. The lowest BCUT2D eigenvalue weighted by Crippen LogP contribution is -2.28. The summed E-state index contributed by atoms with van der Waals surface area (Å²) >= 11 is 3.63. The number of halogens is 1. The van der Waals surface area contributed by atoms with Crippen LogP contribution in [0.25, 0.3) is 0 Å². The van der Waals surface area contributed by atoms with Crippen LogP contribution < -0.4 is 5.32 Å². The highest BCUT2D eigenvalue weighted by molar-refractivity contribution is 9.10. The Labute approximate surface area is 100 Å². The summed E-state index contributed by atoms with van der Waals surface area (Å²) in [6.45, 7) is 7.47. The van der Waals surface area contributed by atoms with Gasteiger partial charge in [-0.15, -0.1) is 0 Å². The minimum Gasteiger partial charge on any atom is -0.314 e. The summed E-state index contributed by atoms with van der Waals surface area (Å²) in [4.78, 5) is 0. The van der Waals surface area contributed by atoms with Crippen LogP contribution in [0.5, 0.6) is 0 Å². The molecular formula is C11H20BrN3. The van der Waals surface area contributed by atoms with Crippen molar-refractivity contribution in [1.82, 2.24) is 15.1 Å². The van der Waals surface area contributed by atoms with Gasteiger partial charge in [-0.2, -0.15) is 5.10 Å². The summed E-state index contributed by atoms with van der Waals surface area (Å²) in [7, 11) is 2.01. The Kier molecular flexibility index (Phi) is 4.80. The maximum Gasteiger partial charge on any atom is 0.0766 e. The molecule has 0 saturated heterocycles. The summed E-state index contributed by atoms with van der Waals surface area (Å²) in [6, 6.07) is 0.492. The largest absolute Gasteiger partial charge is 0.314 e. The fourth-order valence-corrected chi connectivity index (χ4v) is 2.53. The molecule has 1 aromatic rings. The van der Waals surface area contributed by atoms with E-state index in [0.29, 0.717) is 6.04 Å². The molecular weight excluding hydrogens is 254 g/mol. The molecule has 0 spiro atoms. The normalized spacial score (nSPS) is 13.1. The van der Waals surface area contributed by atoms with E-state index in [2.05, 4.69) is 47.1 Å². The first kappa shape index (κ1) is 12.7. The third-order valence-electron chi connectivity index (χ3n) is 2.56. The second kappa shape index (κ2) is 5.66. The highest BCUT2D eigenvalue weighted by Crippen LogP contribution is 2.22. The van der Waals surface area contributed by atoms with E-state index in [-0.39, 0.29) is 0 Å². The number of hydrogen-bond acceptors (Lipinski definition) is 2. The number of nitrogens with zero attached hydrogens (tertiary/aromatic N) is 2. The summed E-state index contributed by atoms with van der Waals surface area (Å²) < 4.78 is 3.16. The molecule has 1 unspecified atom stereocenters. The van der Waals surface area contributed by atoms with Crippen molar-refractivity contribution in [3.05, 3.63) is 15.9 Å². The Balaban J connectivity index is 2.80. The second-order valence-corrected chi connectivity index (χ2v) is 4.64. The molecule has 0 aliphatic carbocycles. The first-order chi connectivity index (χ1) is 7.10. The molecule has 0 saturated carbocycles. The van der Waals surface area contributed by atoms with Gasteiger partial charge in [0.25, 0.3) is 0 Å². The van der Waals surface area contributed by atoms with E-state index >= 15 is 0 Å². The molecule has 1 aromatic heterocycles. The number of rotatable bonds is 5. The van der Waals surface area contributed by atoms with Crippen LogP contribution in [0.4, 0.5) is 0 Å². The van der Waals surface area contributed by atoms with Crippen molar-refractivity contribution in [1.29, 1.82) is 0 Å². The van der Waals surface area contributed by atoms with Gasteiger partial charge in [0.15, 0.2) is 0 Å². The van der Waals surface area contributed by atoms with Gasteiger partial charge in [-0.3, -0.25) is 4.68 Å². The van der Waals surface area contributed by atoms with Gasteiger partial charge >= 0.3 is 0 Å². The Morgan fingerprint density at radius 1 is 1.47 bits per heavy atom. The second-order valence-electron chi connectivity index (χ2n) is 3.85. The molecule has 1 heterocycles. The molecule has 15 heavy (non-hydrogen) atoms. The van der Waals surface area contributed by atoms with Crippen molar-refractivity contribution >= 4 is 15.9 Å².